The predicted octanol–water partition coefficient (Wildman–Crippen LogP) is 3.42. The van der Waals surface area contributed by atoms with Gasteiger partial charge in [0.2, 0.25) is 0 Å². The van der Waals surface area contributed by atoms with Gasteiger partial charge >= 0.3 is 0 Å². The Bertz CT molecular complexity index is 769. The first-order valence-electron chi connectivity index (χ1n) is 5.85. The number of rotatable bonds is 2. The Balaban J connectivity index is 2.15. The lowest BCUT2D eigenvalue weighted by molar-refractivity contribution is 0.620. The van der Waals surface area contributed by atoms with Gasteiger partial charge in [0, 0.05) is 17.4 Å². The second-order valence-corrected chi connectivity index (χ2v) is 5.04. The van der Waals surface area contributed by atoms with Crippen LogP contribution in [0.4, 0.5) is 10.2 Å². The van der Waals surface area contributed by atoms with Gasteiger partial charge in [-0.15, -0.1) is 0 Å². The van der Waals surface area contributed by atoms with E-state index in [-0.39, 0.29) is 5.82 Å². The molecule has 0 amide bonds. The molecule has 0 saturated heterocycles. The van der Waals surface area contributed by atoms with Crippen molar-refractivity contribution < 1.29 is 4.39 Å². The molecular weight excluding hydrogens is 323 g/mol. The Labute approximate surface area is 123 Å². The largest absolute Gasteiger partial charge is 0.383 e. The molecule has 0 atom stereocenters. The van der Waals surface area contributed by atoms with Crippen molar-refractivity contribution in [3.8, 4) is 16.9 Å². The number of pyridine rings is 1. The highest BCUT2D eigenvalue weighted by Crippen LogP contribution is 2.27. The normalized spacial score (nSPS) is 10.7. The predicted molar refractivity (Wildman–Crippen MR) is 78.9 cm³/mol. The molecule has 0 bridgehead atoms. The standard InChI is InChI=1S/C14H10BrFN4/c15-11-6-9(3-4-12(11)16)20-8-18-7-13(20)10-2-1-5-19-14(10)17/h1-8H,(H2,17,19). The van der Waals surface area contributed by atoms with E-state index in [4.69, 9.17) is 5.73 Å². The average Bonchev–Trinajstić information content (AvgIpc) is 2.91. The maximum absolute atomic E-state index is 13.3. The first kappa shape index (κ1) is 12.8. The average molecular weight is 333 g/mol. The van der Waals surface area contributed by atoms with E-state index < -0.39 is 0 Å². The van der Waals surface area contributed by atoms with Crippen LogP contribution in [0.1, 0.15) is 0 Å². The third kappa shape index (κ3) is 2.18. The Kier molecular flexibility index (Phi) is 3.23. The Morgan fingerprint density at radius 3 is 2.85 bits per heavy atom. The van der Waals surface area contributed by atoms with E-state index >= 15 is 0 Å². The van der Waals surface area contributed by atoms with Crippen LogP contribution in [0.5, 0.6) is 0 Å². The molecule has 3 aromatic rings. The van der Waals surface area contributed by atoms with Crippen LogP contribution in [0.25, 0.3) is 16.9 Å². The minimum atomic E-state index is -0.309. The third-order valence-corrected chi connectivity index (χ3v) is 3.54. The molecule has 20 heavy (non-hydrogen) atoms. The molecule has 6 heteroatoms. The maximum atomic E-state index is 13.3. The summed E-state index contributed by atoms with van der Waals surface area (Å²) in [6, 6.07) is 8.44. The summed E-state index contributed by atoms with van der Waals surface area (Å²) in [7, 11) is 0. The summed E-state index contributed by atoms with van der Waals surface area (Å²) in [5.41, 5.74) is 8.26. The zero-order valence-electron chi connectivity index (χ0n) is 10.3. The number of anilines is 1. The molecule has 3 rings (SSSR count). The molecule has 0 saturated carbocycles. The lowest BCUT2D eigenvalue weighted by atomic mass is 10.2. The van der Waals surface area contributed by atoms with E-state index in [0.29, 0.717) is 10.3 Å². The summed E-state index contributed by atoms with van der Waals surface area (Å²) in [4.78, 5) is 8.21. The Morgan fingerprint density at radius 1 is 1.25 bits per heavy atom. The van der Waals surface area contributed by atoms with E-state index in [9.17, 15) is 4.39 Å². The van der Waals surface area contributed by atoms with Crippen molar-refractivity contribution in [3.63, 3.8) is 0 Å². The van der Waals surface area contributed by atoms with Gasteiger partial charge < -0.3 is 5.73 Å². The van der Waals surface area contributed by atoms with Crippen LogP contribution < -0.4 is 5.73 Å². The van der Waals surface area contributed by atoms with Crippen molar-refractivity contribution in [3.05, 3.63) is 59.3 Å². The summed E-state index contributed by atoms with van der Waals surface area (Å²) in [5, 5.41) is 0. The molecule has 0 unspecified atom stereocenters. The number of hydrogen-bond donors (Lipinski definition) is 1. The minimum Gasteiger partial charge on any atom is -0.383 e. The number of aromatic nitrogens is 3. The van der Waals surface area contributed by atoms with E-state index in [1.807, 2.05) is 16.7 Å². The lowest BCUT2D eigenvalue weighted by Gasteiger charge is -2.10. The van der Waals surface area contributed by atoms with Gasteiger partial charge in [-0.3, -0.25) is 4.57 Å². The van der Waals surface area contributed by atoms with Crippen LogP contribution in [-0.4, -0.2) is 14.5 Å². The number of hydrogen-bond acceptors (Lipinski definition) is 3. The molecule has 0 aliphatic heterocycles. The molecule has 0 fully saturated rings. The fourth-order valence-electron chi connectivity index (χ4n) is 1.97. The van der Waals surface area contributed by atoms with Crippen molar-refractivity contribution >= 4 is 21.7 Å². The van der Waals surface area contributed by atoms with Crippen molar-refractivity contribution in [2.24, 2.45) is 0 Å². The van der Waals surface area contributed by atoms with Gasteiger partial charge in [0.25, 0.3) is 0 Å². The SMILES string of the molecule is Nc1ncccc1-c1cncn1-c1ccc(F)c(Br)c1. The van der Waals surface area contributed by atoms with Gasteiger partial charge in [-0.25, -0.2) is 14.4 Å². The first-order chi connectivity index (χ1) is 9.66. The number of halogens is 2. The van der Waals surface area contributed by atoms with Crippen molar-refractivity contribution in [2.45, 2.75) is 0 Å². The summed E-state index contributed by atoms with van der Waals surface area (Å²) in [6.07, 6.45) is 4.99. The van der Waals surface area contributed by atoms with Gasteiger partial charge in [0.1, 0.15) is 11.6 Å². The topological polar surface area (TPSA) is 56.7 Å². The highest BCUT2D eigenvalue weighted by Gasteiger charge is 2.11. The van der Waals surface area contributed by atoms with E-state index in [2.05, 4.69) is 25.9 Å². The Morgan fingerprint density at radius 2 is 2.10 bits per heavy atom. The van der Waals surface area contributed by atoms with Crippen LogP contribution in [0, 0.1) is 5.82 Å². The van der Waals surface area contributed by atoms with E-state index in [0.717, 1.165) is 16.9 Å². The molecule has 1 aromatic carbocycles. The molecule has 100 valence electrons. The monoisotopic (exact) mass is 332 g/mol. The number of nitrogens with two attached hydrogens (primary N) is 1. The van der Waals surface area contributed by atoms with Gasteiger partial charge in [-0.1, -0.05) is 0 Å². The van der Waals surface area contributed by atoms with Gasteiger partial charge in [-0.05, 0) is 46.3 Å². The van der Waals surface area contributed by atoms with E-state index in [1.54, 1.807) is 30.9 Å². The second-order valence-electron chi connectivity index (χ2n) is 4.18. The minimum absolute atomic E-state index is 0.309. The van der Waals surface area contributed by atoms with Gasteiger partial charge in [0.05, 0.1) is 22.7 Å². The van der Waals surface area contributed by atoms with Crippen molar-refractivity contribution in [2.75, 3.05) is 5.73 Å². The quantitative estimate of drug-likeness (QED) is 0.782. The molecule has 0 aliphatic rings. The highest BCUT2D eigenvalue weighted by molar-refractivity contribution is 9.10. The second kappa shape index (κ2) is 5.05. The lowest BCUT2D eigenvalue weighted by Crippen LogP contribution is -1.99. The van der Waals surface area contributed by atoms with Crippen LogP contribution in [0.3, 0.4) is 0 Å². The molecule has 0 radical (unpaired) electrons. The fourth-order valence-corrected chi connectivity index (χ4v) is 2.34. The molecule has 2 N–H and O–H groups in total. The van der Waals surface area contributed by atoms with Crippen LogP contribution in [0.2, 0.25) is 0 Å². The molecular formula is C14H10BrFN4. The summed E-state index contributed by atoms with van der Waals surface area (Å²) < 4.78 is 15.6. The van der Waals surface area contributed by atoms with Crippen molar-refractivity contribution in [1.82, 2.24) is 14.5 Å². The first-order valence-corrected chi connectivity index (χ1v) is 6.65. The van der Waals surface area contributed by atoms with Crippen LogP contribution in [-0.2, 0) is 0 Å². The van der Waals surface area contributed by atoms with E-state index in [1.165, 1.54) is 6.07 Å². The summed E-state index contributed by atoms with van der Waals surface area (Å²) >= 11 is 3.18. The van der Waals surface area contributed by atoms with Gasteiger partial charge in [0.15, 0.2) is 0 Å². The van der Waals surface area contributed by atoms with Crippen molar-refractivity contribution in [1.29, 1.82) is 0 Å². The number of nitrogens with zero attached hydrogens (tertiary/aromatic N) is 3. The van der Waals surface area contributed by atoms with Crippen LogP contribution >= 0.6 is 15.9 Å². The summed E-state index contributed by atoms with van der Waals surface area (Å²) in [5.74, 6) is 0.117. The number of benzene rings is 1. The maximum Gasteiger partial charge on any atom is 0.137 e. The number of nitrogen functional groups attached to an aromatic ring is 1. The van der Waals surface area contributed by atoms with Gasteiger partial charge in [-0.2, -0.15) is 0 Å². The molecule has 2 heterocycles. The molecule has 2 aromatic heterocycles. The molecule has 0 spiro atoms. The Hall–Kier alpha value is -2.21. The number of imidazole rings is 1. The fraction of sp³-hybridized carbons (Fsp3) is 0. The summed E-state index contributed by atoms with van der Waals surface area (Å²) in [6.45, 7) is 0. The zero-order chi connectivity index (χ0) is 14.1. The third-order valence-electron chi connectivity index (χ3n) is 2.93. The highest BCUT2D eigenvalue weighted by atomic mass is 79.9. The molecule has 4 nitrogen and oxygen atoms in total. The smallest absolute Gasteiger partial charge is 0.137 e. The van der Waals surface area contributed by atoms with Crippen LogP contribution in [0.15, 0.2) is 53.5 Å². The molecule has 0 aliphatic carbocycles. The zero-order valence-corrected chi connectivity index (χ0v) is 11.9.